The minimum atomic E-state index is -1.08. The van der Waals surface area contributed by atoms with E-state index in [1.54, 1.807) is 18.9 Å². The van der Waals surface area contributed by atoms with Gasteiger partial charge in [0.15, 0.2) is 6.29 Å². The van der Waals surface area contributed by atoms with Crippen molar-refractivity contribution in [2.75, 3.05) is 34.2 Å². The topological polar surface area (TPSA) is 91.3 Å². The molecule has 2 heterocycles. The minimum Gasteiger partial charge on any atom is -0.387 e. The van der Waals surface area contributed by atoms with Gasteiger partial charge in [-0.1, -0.05) is 6.92 Å². The van der Waals surface area contributed by atoms with E-state index in [2.05, 4.69) is 31.2 Å². The summed E-state index contributed by atoms with van der Waals surface area (Å²) in [6.07, 6.45) is 3.58. The van der Waals surface area contributed by atoms with E-state index in [9.17, 15) is 14.7 Å². The fraction of sp³-hybridized carbons (Fsp3) is 0.913. The number of nitrogens with zero attached hydrogens (tertiary/aromatic N) is 2. The predicted molar refractivity (Wildman–Crippen MR) is 119 cm³/mol. The molecular formula is C23H43N3O5. The van der Waals surface area contributed by atoms with Crippen LogP contribution in [0.2, 0.25) is 0 Å². The third-order valence-corrected chi connectivity index (χ3v) is 6.74. The largest absolute Gasteiger partial charge is 0.387 e. The molecule has 0 bridgehead atoms. The first-order valence-corrected chi connectivity index (χ1v) is 11.7. The number of aliphatic hydroxyl groups is 1. The lowest BCUT2D eigenvalue weighted by atomic mass is 9.87. The Bertz CT molecular complexity index is 598. The van der Waals surface area contributed by atoms with E-state index < -0.39 is 11.7 Å². The lowest BCUT2D eigenvalue weighted by Gasteiger charge is -2.41. The molecule has 31 heavy (non-hydrogen) atoms. The monoisotopic (exact) mass is 441 g/mol. The third kappa shape index (κ3) is 8.00. The van der Waals surface area contributed by atoms with Gasteiger partial charge in [-0.3, -0.25) is 9.59 Å². The van der Waals surface area contributed by atoms with Crippen LogP contribution in [0, 0.1) is 5.92 Å². The van der Waals surface area contributed by atoms with Crippen LogP contribution in [0.1, 0.15) is 65.7 Å². The highest BCUT2D eigenvalue weighted by atomic mass is 16.7. The molecule has 1 unspecified atom stereocenters. The van der Waals surface area contributed by atoms with Gasteiger partial charge in [-0.05, 0) is 60.0 Å². The normalized spacial score (nSPS) is 37.4. The highest BCUT2D eigenvalue weighted by molar-refractivity contribution is 5.80. The van der Waals surface area contributed by atoms with E-state index in [0.29, 0.717) is 51.2 Å². The van der Waals surface area contributed by atoms with Crippen LogP contribution in [0.15, 0.2) is 0 Å². The molecule has 0 radical (unpaired) electrons. The summed E-state index contributed by atoms with van der Waals surface area (Å²) in [6.45, 7) is 6.64. The van der Waals surface area contributed by atoms with Gasteiger partial charge in [0, 0.05) is 44.9 Å². The summed E-state index contributed by atoms with van der Waals surface area (Å²) in [6, 6.07) is 0.363. The number of rotatable bonds is 3. The molecule has 2 amide bonds. The van der Waals surface area contributed by atoms with Gasteiger partial charge in [0.05, 0.1) is 17.8 Å². The number of carbonyl (C=O) groups is 2. The highest BCUT2D eigenvalue weighted by Gasteiger charge is 2.38. The summed E-state index contributed by atoms with van der Waals surface area (Å²) in [4.78, 5) is 28.5. The van der Waals surface area contributed by atoms with E-state index in [1.807, 2.05) is 6.92 Å². The maximum Gasteiger partial charge on any atom is 0.224 e. The molecule has 8 nitrogen and oxygen atoms in total. The Kier molecular flexibility index (Phi) is 9.73. The van der Waals surface area contributed by atoms with Crippen LogP contribution in [-0.4, -0.2) is 91.1 Å². The van der Waals surface area contributed by atoms with Gasteiger partial charge >= 0.3 is 0 Å². The molecule has 0 saturated carbocycles. The number of nitrogens with one attached hydrogen (secondary N) is 1. The lowest BCUT2D eigenvalue weighted by Crippen LogP contribution is -2.49. The number of hydrogen-bond donors (Lipinski definition) is 2. The van der Waals surface area contributed by atoms with Crippen LogP contribution < -0.4 is 5.32 Å². The minimum absolute atomic E-state index is 0.00299. The molecule has 2 N–H and O–H groups in total. The second-order valence-electron chi connectivity index (χ2n) is 9.89. The molecule has 2 aliphatic rings. The first-order valence-electron chi connectivity index (χ1n) is 11.7. The van der Waals surface area contributed by atoms with Crippen molar-refractivity contribution in [3.63, 3.8) is 0 Å². The average Bonchev–Trinajstić information content (AvgIpc) is 2.69. The van der Waals surface area contributed by atoms with Gasteiger partial charge in [0.1, 0.15) is 0 Å². The van der Waals surface area contributed by atoms with Crippen molar-refractivity contribution >= 4 is 11.8 Å². The van der Waals surface area contributed by atoms with Crippen LogP contribution in [0.5, 0.6) is 0 Å². The van der Waals surface area contributed by atoms with Crippen molar-refractivity contribution in [1.82, 2.24) is 15.1 Å². The van der Waals surface area contributed by atoms with Gasteiger partial charge in [0.25, 0.3) is 0 Å². The molecule has 6 atom stereocenters. The van der Waals surface area contributed by atoms with Crippen molar-refractivity contribution in [2.24, 2.45) is 5.92 Å². The molecule has 2 fully saturated rings. The van der Waals surface area contributed by atoms with E-state index in [0.717, 1.165) is 12.8 Å². The predicted octanol–water partition coefficient (Wildman–Crippen LogP) is 1.75. The Balaban J connectivity index is 2.13. The number of amides is 2. The van der Waals surface area contributed by atoms with Crippen molar-refractivity contribution in [3.8, 4) is 0 Å². The van der Waals surface area contributed by atoms with Crippen LogP contribution in [-0.2, 0) is 19.1 Å². The van der Waals surface area contributed by atoms with Crippen molar-refractivity contribution in [1.29, 1.82) is 0 Å². The maximum absolute atomic E-state index is 12.4. The molecule has 2 rings (SSSR count). The second-order valence-corrected chi connectivity index (χ2v) is 9.89. The van der Waals surface area contributed by atoms with Crippen molar-refractivity contribution in [2.45, 2.75) is 95.9 Å². The Morgan fingerprint density at radius 1 is 1.23 bits per heavy atom. The summed E-state index contributed by atoms with van der Waals surface area (Å²) >= 11 is 0. The van der Waals surface area contributed by atoms with Crippen molar-refractivity contribution < 1.29 is 24.2 Å². The molecule has 0 aromatic heterocycles. The van der Waals surface area contributed by atoms with Crippen LogP contribution >= 0.6 is 0 Å². The van der Waals surface area contributed by atoms with E-state index in [1.165, 1.54) is 0 Å². The van der Waals surface area contributed by atoms with Gasteiger partial charge in [-0.25, -0.2) is 0 Å². The second kappa shape index (κ2) is 11.6. The molecule has 8 heteroatoms. The lowest BCUT2D eigenvalue weighted by molar-refractivity contribution is -0.251. The van der Waals surface area contributed by atoms with Gasteiger partial charge < -0.3 is 29.7 Å². The van der Waals surface area contributed by atoms with E-state index in [-0.39, 0.29) is 30.1 Å². The SMILES string of the molecule is C[C@@H]1C[C@H](N(C)C)CC(O[C@@H]2CC[C@@H](C)C(=O)NCCC(=O)N(C)CCC[C@@]2(C)O)O1. The van der Waals surface area contributed by atoms with Crippen LogP contribution in [0.3, 0.4) is 0 Å². The summed E-state index contributed by atoms with van der Waals surface area (Å²) < 4.78 is 12.4. The smallest absolute Gasteiger partial charge is 0.224 e. The standard InChI is InChI=1S/C23H43N3O5/c1-16-8-9-19(31-21-15-18(25(4)5)14-17(2)30-21)23(3,29)11-7-13-26(6)20(27)10-12-24-22(16)28/h16-19,21,29H,7-15H2,1-6H3,(H,24,28)/t16-,17-,18+,19-,21?,23-/m1/s1. The Morgan fingerprint density at radius 3 is 2.61 bits per heavy atom. The Labute approximate surface area is 187 Å². The summed E-state index contributed by atoms with van der Waals surface area (Å²) in [5.41, 5.74) is -1.08. The zero-order valence-corrected chi connectivity index (χ0v) is 20.2. The highest BCUT2D eigenvalue weighted by Crippen LogP contribution is 2.31. The molecule has 2 aliphatic heterocycles. The fourth-order valence-electron chi connectivity index (χ4n) is 4.44. The summed E-state index contributed by atoms with van der Waals surface area (Å²) in [5.74, 6) is -0.295. The molecular weight excluding hydrogens is 398 g/mol. The van der Waals surface area contributed by atoms with E-state index in [4.69, 9.17) is 9.47 Å². The number of ether oxygens (including phenoxy) is 2. The first-order chi connectivity index (χ1) is 14.5. The summed E-state index contributed by atoms with van der Waals surface area (Å²) in [5, 5.41) is 14.2. The zero-order valence-electron chi connectivity index (χ0n) is 20.2. The quantitative estimate of drug-likeness (QED) is 0.693. The third-order valence-electron chi connectivity index (χ3n) is 6.74. The zero-order chi connectivity index (χ0) is 23.2. The van der Waals surface area contributed by atoms with Gasteiger partial charge in [0.2, 0.25) is 11.8 Å². The number of carbonyl (C=O) groups excluding carboxylic acids is 2. The Morgan fingerprint density at radius 2 is 1.94 bits per heavy atom. The van der Waals surface area contributed by atoms with E-state index >= 15 is 0 Å². The Hall–Kier alpha value is -1.22. The average molecular weight is 442 g/mol. The number of hydrogen-bond acceptors (Lipinski definition) is 6. The molecule has 0 aromatic carbocycles. The van der Waals surface area contributed by atoms with Crippen molar-refractivity contribution in [3.05, 3.63) is 0 Å². The van der Waals surface area contributed by atoms with Gasteiger partial charge in [-0.15, -0.1) is 0 Å². The fourth-order valence-corrected chi connectivity index (χ4v) is 4.44. The van der Waals surface area contributed by atoms with Crippen LogP contribution in [0.4, 0.5) is 0 Å². The van der Waals surface area contributed by atoms with Gasteiger partial charge in [-0.2, -0.15) is 0 Å². The van der Waals surface area contributed by atoms with Crippen LogP contribution in [0.25, 0.3) is 0 Å². The molecule has 0 aromatic rings. The molecule has 0 aliphatic carbocycles. The first kappa shape index (κ1) is 26.0. The molecule has 180 valence electrons. The molecule has 0 spiro atoms. The summed E-state index contributed by atoms with van der Waals surface area (Å²) in [7, 11) is 5.89. The molecule has 2 saturated heterocycles. The maximum atomic E-state index is 12.4.